The number of aryl methyl sites for hydroxylation is 2. The number of hydrogen-bond acceptors (Lipinski definition) is 5. The molecular weight excluding hydrogens is 346 g/mol. The lowest BCUT2D eigenvalue weighted by Crippen LogP contribution is -2.21. The highest BCUT2D eigenvalue weighted by Crippen LogP contribution is 2.21. The molecule has 2 heterocycles. The summed E-state index contributed by atoms with van der Waals surface area (Å²) in [6, 6.07) is 0. The van der Waals surface area contributed by atoms with Crippen molar-refractivity contribution in [3.63, 3.8) is 0 Å². The number of carbonyl (C=O) groups is 2. The number of nitrogens with one attached hydrogen (secondary N) is 1. The molecule has 0 fully saturated rings. The fraction of sp³-hybridized carbons (Fsp3) is 0.500. The minimum Gasteiger partial charge on any atom is -0.465 e. The molecule has 0 spiro atoms. The quantitative estimate of drug-likeness (QED) is 0.790. The Hall–Kier alpha value is -2.35. The van der Waals surface area contributed by atoms with E-state index in [0.717, 1.165) is 5.69 Å². The zero-order valence-corrected chi connectivity index (χ0v) is 15.8. The fourth-order valence-electron chi connectivity index (χ4n) is 2.50. The molecule has 9 heteroatoms. The van der Waals surface area contributed by atoms with Crippen molar-refractivity contribution in [2.24, 2.45) is 0 Å². The van der Waals surface area contributed by atoms with Crippen LogP contribution in [0.5, 0.6) is 0 Å². The Labute approximate surface area is 151 Å². The molecule has 136 valence electrons. The van der Waals surface area contributed by atoms with Crippen LogP contribution in [0, 0.1) is 27.7 Å². The molecule has 0 aliphatic heterocycles. The summed E-state index contributed by atoms with van der Waals surface area (Å²) < 4.78 is 8.00. The third kappa shape index (κ3) is 4.19. The van der Waals surface area contributed by atoms with Gasteiger partial charge in [-0.15, -0.1) is 0 Å². The van der Waals surface area contributed by atoms with Gasteiger partial charge in [0.15, 0.2) is 0 Å². The maximum Gasteiger partial charge on any atom is 0.327 e. The first-order chi connectivity index (χ1) is 11.7. The molecule has 0 aromatic carbocycles. The number of carbonyl (C=O) groups excluding carboxylic acids is 2. The van der Waals surface area contributed by atoms with Gasteiger partial charge in [0.25, 0.3) is 0 Å². The number of hydrogen-bond donors (Lipinski definition) is 1. The summed E-state index contributed by atoms with van der Waals surface area (Å²) in [6.07, 6.45) is 0. The van der Waals surface area contributed by atoms with Gasteiger partial charge in [0.1, 0.15) is 13.1 Å². The van der Waals surface area contributed by atoms with Crippen LogP contribution in [-0.4, -0.2) is 38.0 Å². The highest BCUT2D eigenvalue weighted by atomic mass is 35.5. The lowest BCUT2D eigenvalue weighted by Gasteiger charge is -2.08. The van der Waals surface area contributed by atoms with Gasteiger partial charge >= 0.3 is 5.97 Å². The van der Waals surface area contributed by atoms with Gasteiger partial charge < -0.3 is 10.1 Å². The van der Waals surface area contributed by atoms with Crippen LogP contribution < -0.4 is 5.32 Å². The predicted octanol–water partition coefficient (Wildman–Crippen LogP) is 2.17. The third-order valence-corrected chi connectivity index (χ3v) is 4.36. The van der Waals surface area contributed by atoms with Crippen LogP contribution in [0.1, 0.15) is 29.7 Å². The lowest BCUT2D eigenvalue weighted by molar-refractivity contribution is -0.144. The first-order valence-electron chi connectivity index (χ1n) is 7.93. The van der Waals surface area contributed by atoms with E-state index in [-0.39, 0.29) is 25.0 Å². The summed E-state index contributed by atoms with van der Waals surface area (Å²) in [7, 11) is 0. The van der Waals surface area contributed by atoms with Crippen LogP contribution in [0.2, 0.25) is 5.02 Å². The van der Waals surface area contributed by atoms with Crippen molar-refractivity contribution in [3.05, 3.63) is 27.8 Å². The number of aromatic nitrogens is 4. The molecule has 0 saturated carbocycles. The normalized spacial score (nSPS) is 10.8. The van der Waals surface area contributed by atoms with Gasteiger partial charge in [-0.1, -0.05) is 11.6 Å². The van der Waals surface area contributed by atoms with Crippen molar-refractivity contribution in [2.75, 3.05) is 11.9 Å². The molecule has 0 aliphatic carbocycles. The highest BCUT2D eigenvalue weighted by Gasteiger charge is 2.18. The smallest absolute Gasteiger partial charge is 0.327 e. The van der Waals surface area contributed by atoms with Gasteiger partial charge in [0.2, 0.25) is 5.91 Å². The third-order valence-electron chi connectivity index (χ3n) is 3.82. The zero-order chi connectivity index (χ0) is 18.7. The molecule has 1 amide bonds. The predicted molar refractivity (Wildman–Crippen MR) is 93.7 cm³/mol. The molecule has 8 nitrogen and oxygen atoms in total. The van der Waals surface area contributed by atoms with E-state index in [4.69, 9.17) is 16.3 Å². The first-order valence-corrected chi connectivity index (χ1v) is 8.31. The monoisotopic (exact) mass is 367 g/mol. The number of rotatable bonds is 6. The number of esters is 1. The molecule has 2 aromatic heterocycles. The Kier molecular flexibility index (Phi) is 5.84. The Morgan fingerprint density at radius 2 is 1.64 bits per heavy atom. The van der Waals surface area contributed by atoms with Gasteiger partial charge in [-0.3, -0.25) is 19.0 Å². The Morgan fingerprint density at radius 3 is 2.20 bits per heavy atom. The Morgan fingerprint density at radius 1 is 1.04 bits per heavy atom. The summed E-state index contributed by atoms with van der Waals surface area (Å²) in [6.45, 7) is 9.26. The van der Waals surface area contributed by atoms with Crippen molar-refractivity contribution in [2.45, 2.75) is 47.7 Å². The summed E-state index contributed by atoms with van der Waals surface area (Å²) >= 11 is 6.10. The molecule has 0 radical (unpaired) electrons. The number of nitrogens with zero attached hydrogens (tertiary/aromatic N) is 4. The van der Waals surface area contributed by atoms with E-state index in [2.05, 4.69) is 15.5 Å². The molecule has 0 bridgehead atoms. The molecule has 25 heavy (non-hydrogen) atoms. The van der Waals surface area contributed by atoms with Crippen molar-refractivity contribution < 1.29 is 14.3 Å². The fourth-order valence-corrected chi connectivity index (χ4v) is 2.64. The lowest BCUT2D eigenvalue weighted by atomic mass is 10.3. The Bertz CT molecular complexity index is 809. The van der Waals surface area contributed by atoms with Gasteiger partial charge in [-0.2, -0.15) is 10.2 Å². The molecule has 2 aromatic rings. The average Bonchev–Trinajstić information content (AvgIpc) is 2.93. The number of anilines is 1. The van der Waals surface area contributed by atoms with Crippen LogP contribution in [0.4, 0.5) is 5.69 Å². The van der Waals surface area contributed by atoms with Crippen molar-refractivity contribution in [1.29, 1.82) is 0 Å². The highest BCUT2D eigenvalue weighted by molar-refractivity contribution is 6.31. The van der Waals surface area contributed by atoms with Gasteiger partial charge in [-0.05, 0) is 34.6 Å². The van der Waals surface area contributed by atoms with E-state index in [9.17, 15) is 9.59 Å². The van der Waals surface area contributed by atoms with E-state index >= 15 is 0 Å². The topological polar surface area (TPSA) is 91.0 Å². The van der Waals surface area contributed by atoms with E-state index in [1.54, 1.807) is 32.4 Å². The summed E-state index contributed by atoms with van der Waals surface area (Å²) in [4.78, 5) is 24.0. The average molecular weight is 368 g/mol. The minimum atomic E-state index is -0.372. The van der Waals surface area contributed by atoms with Gasteiger partial charge in [-0.25, -0.2) is 0 Å². The second-order valence-electron chi connectivity index (χ2n) is 5.70. The maximum absolute atomic E-state index is 12.3. The van der Waals surface area contributed by atoms with Crippen LogP contribution in [-0.2, 0) is 27.4 Å². The largest absolute Gasteiger partial charge is 0.465 e. The van der Waals surface area contributed by atoms with E-state index in [1.807, 2.05) is 6.92 Å². The number of amides is 1. The van der Waals surface area contributed by atoms with Crippen molar-refractivity contribution in [1.82, 2.24) is 19.6 Å². The van der Waals surface area contributed by atoms with E-state index in [1.165, 1.54) is 4.68 Å². The molecule has 0 unspecified atom stereocenters. The number of ether oxygens (including phenoxy) is 1. The standard InChI is InChI=1S/C16H22ClN5O3/c1-6-25-14(24)8-22-12(5)16(10(3)20-22)18-13(23)7-21-11(4)15(17)9(2)19-21/h6-8H2,1-5H3,(H,18,23). The summed E-state index contributed by atoms with van der Waals surface area (Å²) in [5, 5.41) is 11.9. The van der Waals surface area contributed by atoms with E-state index < -0.39 is 0 Å². The van der Waals surface area contributed by atoms with Gasteiger partial charge in [0.05, 0.1) is 40.1 Å². The molecule has 2 rings (SSSR count). The van der Waals surface area contributed by atoms with E-state index in [0.29, 0.717) is 34.4 Å². The molecule has 0 atom stereocenters. The molecule has 0 saturated heterocycles. The Balaban J connectivity index is 2.11. The first kappa shape index (κ1) is 19.0. The second-order valence-corrected chi connectivity index (χ2v) is 6.08. The zero-order valence-electron chi connectivity index (χ0n) is 15.0. The summed E-state index contributed by atoms with van der Waals surface area (Å²) in [5.41, 5.74) is 3.32. The number of halogens is 1. The van der Waals surface area contributed by atoms with Crippen LogP contribution in [0.3, 0.4) is 0 Å². The summed E-state index contributed by atoms with van der Waals surface area (Å²) in [5.74, 6) is -0.618. The van der Waals surface area contributed by atoms with Crippen LogP contribution in [0.25, 0.3) is 0 Å². The molecule has 1 N–H and O–H groups in total. The van der Waals surface area contributed by atoms with Crippen molar-refractivity contribution >= 4 is 29.2 Å². The maximum atomic E-state index is 12.3. The van der Waals surface area contributed by atoms with Crippen LogP contribution >= 0.6 is 11.6 Å². The van der Waals surface area contributed by atoms with Crippen LogP contribution in [0.15, 0.2) is 0 Å². The molecule has 0 aliphatic rings. The van der Waals surface area contributed by atoms with Gasteiger partial charge in [0, 0.05) is 0 Å². The SMILES string of the molecule is CCOC(=O)Cn1nc(C)c(NC(=O)Cn2nc(C)c(Cl)c2C)c1C. The van der Waals surface area contributed by atoms with Crippen molar-refractivity contribution in [3.8, 4) is 0 Å². The minimum absolute atomic E-state index is 0.00342. The second kappa shape index (κ2) is 7.69. The molecular formula is C16H22ClN5O3.